The summed E-state index contributed by atoms with van der Waals surface area (Å²) in [6.07, 6.45) is 3.50. The van der Waals surface area contributed by atoms with Gasteiger partial charge in [0.05, 0.1) is 6.61 Å². The van der Waals surface area contributed by atoms with E-state index in [1.807, 2.05) is 0 Å². The molecule has 1 radical (unpaired) electrons. The van der Waals surface area contributed by atoms with Crippen molar-refractivity contribution in [3.05, 3.63) is 0 Å². The molecule has 10 heavy (non-hydrogen) atoms. The average Bonchev–Trinajstić information content (AvgIpc) is 1.80. The predicted molar refractivity (Wildman–Crippen MR) is 52.8 cm³/mol. The monoisotopic (exact) mass is 187 g/mol. The molecule has 0 spiro atoms. The number of hydrogen-bond acceptors (Lipinski definition) is 2. The van der Waals surface area contributed by atoms with Crippen molar-refractivity contribution in [2.45, 2.75) is 26.2 Å². The van der Waals surface area contributed by atoms with E-state index in [-0.39, 0.29) is 29.6 Å². The summed E-state index contributed by atoms with van der Waals surface area (Å²) in [5.41, 5.74) is 0. The molecule has 0 aliphatic heterocycles. The zero-order valence-electron chi connectivity index (χ0n) is 6.59. The van der Waals surface area contributed by atoms with Crippen molar-refractivity contribution in [1.29, 1.82) is 0 Å². The molecular formula is C6H12NaOS2. The zero-order valence-corrected chi connectivity index (χ0v) is 10.3. The maximum atomic E-state index is 4.94. The van der Waals surface area contributed by atoms with Crippen LogP contribution in [-0.4, -0.2) is 40.5 Å². The molecule has 0 heterocycles. The summed E-state index contributed by atoms with van der Waals surface area (Å²) in [4.78, 5) is 0. The van der Waals surface area contributed by atoms with Gasteiger partial charge >= 0.3 is 0 Å². The van der Waals surface area contributed by atoms with Gasteiger partial charge in [0.25, 0.3) is 0 Å². The fourth-order valence-electron chi connectivity index (χ4n) is 0.512. The number of rotatable bonds is 4. The molecule has 0 aromatic heterocycles. The van der Waals surface area contributed by atoms with Gasteiger partial charge in [-0.15, -0.1) is 0 Å². The van der Waals surface area contributed by atoms with Gasteiger partial charge in [-0.1, -0.05) is 32.4 Å². The molecule has 4 heteroatoms. The van der Waals surface area contributed by atoms with Crippen LogP contribution >= 0.6 is 24.8 Å². The van der Waals surface area contributed by atoms with Gasteiger partial charge in [-0.2, -0.15) is 0 Å². The minimum absolute atomic E-state index is 0. The van der Waals surface area contributed by atoms with Crippen molar-refractivity contribution in [2.75, 3.05) is 6.61 Å². The molecule has 0 bridgehead atoms. The number of hydrogen-bond donors (Lipinski definition) is 1. The average molecular weight is 187 g/mol. The molecule has 0 unspecified atom stereocenters. The van der Waals surface area contributed by atoms with Gasteiger partial charge in [-0.25, -0.2) is 0 Å². The first-order chi connectivity index (χ1) is 4.27. The van der Waals surface area contributed by atoms with E-state index >= 15 is 0 Å². The van der Waals surface area contributed by atoms with Gasteiger partial charge in [0.1, 0.15) is 0 Å². The standard InChI is InChI=1S/C6H12OS2.Na/c1-2-3-4-5-7-6(8)9;/h2-5H2,1H3,(H,8,9);. The van der Waals surface area contributed by atoms with Crippen LogP contribution in [0, 0.1) is 0 Å². The van der Waals surface area contributed by atoms with E-state index in [0.717, 1.165) is 13.0 Å². The molecule has 0 rings (SSSR count). The van der Waals surface area contributed by atoms with E-state index in [0.29, 0.717) is 4.38 Å². The van der Waals surface area contributed by atoms with Crippen molar-refractivity contribution >= 4 is 58.8 Å². The smallest absolute Gasteiger partial charge is 0.216 e. The molecule has 0 aromatic carbocycles. The van der Waals surface area contributed by atoms with Crippen LogP contribution in [-0.2, 0) is 4.74 Å². The largest absolute Gasteiger partial charge is 0.479 e. The van der Waals surface area contributed by atoms with Crippen LogP contribution in [0.1, 0.15) is 26.2 Å². The summed E-state index contributed by atoms with van der Waals surface area (Å²) in [5, 5.41) is 0. The Morgan fingerprint density at radius 3 is 2.50 bits per heavy atom. The first-order valence-electron chi connectivity index (χ1n) is 3.13. The molecule has 1 nitrogen and oxygen atoms in total. The molecule has 0 aliphatic carbocycles. The fourth-order valence-corrected chi connectivity index (χ4v) is 0.686. The summed E-state index contributed by atoms with van der Waals surface area (Å²) in [5.74, 6) is 0. The summed E-state index contributed by atoms with van der Waals surface area (Å²) >= 11 is 8.40. The van der Waals surface area contributed by atoms with Gasteiger partial charge in [0.15, 0.2) is 0 Å². The Morgan fingerprint density at radius 1 is 1.50 bits per heavy atom. The van der Waals surface area contributed by atoms with Crippen molar-refractivity contribution in [3.8, 4) is 0 Å². The maximum absolute atomic E-state index is 4.94. The Balaban J connectivity index is 0. The number of thiol groups is 1. The van der Waals surface area contributed by atoms with E-state index in [1.165, 1.54) is 12.8 Å². The molecule has 0 amide bonds. The van der Waals surface area contributed by atoms with Gasteiger partial charge in [0.2, 0.25) is 4.38 Å². The van der Waals surface area contributed by atoms with E-state index in [4.69, 9.17) is 4.74 Å². The fraction of sp³-hybridized carbons (Fsp3) is 0.833. The number of ether oxygens (including phenoxy) is 1. The summed E-state index contributed by atoms with van der Waals surface area (Å²) in [7, 11) is 0. The third-order valence-electron chi connectivity index (χ3n) is 0.973. The van der Waals surface area contributed by atoms with Crippen LogP contribution < -0.4 is 0 Å². The third-order valence-corrected chi connectivity index (χ3v) is 1.22. The second-order valence-electron chi connectivity index (χ2n) is 1.82. The molecule has 0 saturated heterocycles. The first-order valence-corrected chi connectivity index (χ1v) is 3.98. The van der Waals surface area contributed by atoms with Crippen LogP contribution in [0.25, 0.3) is 0 Å². The quantitative estimate of drug-likeness (QED) is 0.312. The van der Waals surface area contributed by atoms with Crippen LogP contribution in [0.4, 0.5) is 0 Å². The van der Waals surface area contributed by atoms with Crippen molar-refractivity contribution < 1.29 is 4.74 Å². The molecule has 0 saturated carbocycles. The Morgan fingerprint density at radius 2 is 2.10 bits per heavy atom. The van der Waals surface area contributed by atoms with Crippen LogP contribution in [0.15, 0.2) is 0 Å². The summed E-state index contributed by atoms with van der Waals surface area (Å²) < 4.78 is 5.29. The van der Waals surface area contributed by atoms with Crippen molar-refractivity contribution in [1.82, 2.24) is 0 Å². The van der Waals surface area contributed by atoms with Crippen LogP contribution in [0.2, 0.25) is 0 Å². The summed E-state index contributed by atoms with van der Waals surface area (Å²) in [6, 6.07) is 0. The van der Waals surface area contributed by atoms with E-state index in [2.05, 4.69) is 31.8 Å². The van der Waals surface area contributed by atoms with Gasteiger partial charge in [0, 0.05) is 29.6 Å². The van der Waals surface area contributed by atoms with Crippen LogP contribution in [0.3, 0.4) is 0 Å². The van der Waals surface area contributed by atoms with Gasteiger partial charge in [-0.05, 0) is 18.6 Å². The Bertz CT molecular complexity index is 87.8. The minimum atomic E-state index is 0. The Hall–Kier alpha value is 1.24. The molecular weight excluding hydrogens is 175 g/mol. The topological polar surface area (TPSA) is 9.23 Å². The van der Waals surface area contributed by atoms with Crippen LogP contribution in [0.5, 0.6) is 0 Å². The summed E-state index contributed by atoms with van der Waals surface area (Å²) in [6.45, 7) is 2.87. The van der Waals surface area contributed by atoms with Gasteiger partial charge < -0.3 is 4.74 Å². The minimum Gasteiger partial charge on any atom is -0.479 e. The van der Waals surface area contributed by atoms with E-state index in [9.17, 15) is 0 Å². The van der Waals surface area contributed by atoms with Crippen molar-refractivity contribution in [3.63, 3.8) is 0 Å². The molecule has 0 aromatic rings. The molecule has 0 atom stereocenters. The third kappa shape index (κ3) is 12.0. The maximum Gasteiger partial charge on any atom is 0.216 e. The second-order valence-corrected chi connectivity index (χ2v) is 2.90. The molecule has 0 N–H and O–H groups in total. The van der Waals surface area contributed by atoms with Gasteiger partial charge in [-0.3, -0.25) is 0 Å². The molecule has 0 aliphatic rings. The van der Waals surface area contributed by atoms with E-state index < -0.39 is 0 Å². The number of unbranched alkanes of at least 4 members (excludes halogenated alkanes) is 2. The molecule has 0 fully saturated rings. The molecule has 55 valence electrons. The normalized spacial score (nSPS) is 8.20. The zero-order chi connectivity index (χ0) is 7.11. The predicted octanol–water partition coefficient (Wildman–Crippen LogP) is 2.03. The SMILES string of the molecule is CCCCCOC(=S)S.[Na]. The van der Waals surface area contributed by atoms with E-state index in [1.54, 1.807) is 0 Å². The second kappa shape index (κ2) is 10.2. The Kier molecular flexibility index (Phi) is 14.1. The van der Waals surface area contributed by atoms with Crippen molar-refractivity contribution in [2.24, 2.45) is 0 Å². The number of thiocarbonyl (C=S) groups is 1. The Labute approximate surface area is 95.6 Å². The first kappa shape index (κ1) is 13.8.